The lowest BCUT2D eigenvalue weighted by Crippen LogP contribution is -3.29. The molecule has 5 heteroatoms. The Balaban J connectivity index is 1.31. The minimum absolute atomic E-state index is 0.0274. The number of amides is 1. The third-order valence-electron chi connectivity index (χ3n) is 6.48. The number of piperazine rings is 1. The first-order chi connectivity index (χ1) is 15.0. The number of nitrogens with one attached hydrogen (secondary N) is 3. The number of benzene rings is 3. The summed E-state index contributed by atoms with van der Waals surface area (Å²) in [5.41, 5.74) is 2.79. The number of Topliss-reactive ketones (excluding diaryl/α,β-unsaturated/α-hetero) is 1. The standard InChI is InChI=1S/C26H29N3O2/c1-19(26(31)27-24-12-10-21(11-13-24)20(2)30)29-16-14-28(15-17-29)18-23-8-5-7-22-6-3-4-9-25(22)23/h3-13,19H,14-18H2,1-2H3,(H,27,31)/p+2/t19-/m1/s1. The number of carbonyl (C=O) groups excluding carboxylic acids is 2. The molecule has 1 fully saturated rings. The summed E-state index contributed by atoms with van der Waals surface area (Å²) in [5, 5.41) is 5.64. The Morgan fingerprint density at radius 3 is 2.29 bits per heavy atom. The van der Waals surface area contributed by atoms with Gasteiger partial charge in [0.25, 0.3) is 5.91 Å². The number of rotatable bonds is 6. The van der Waals surface area contributed by atoms with Gasteiger partial charge in [0, 0.05) is 16.8 Å². The molecule has 0 radical (unpaired) electrons. The number of fused-ring (bicyclic) bond motifs is 1. The minimum Gasteiger partial charge on any atom is -0.322 e. The van der Waals surface area contributed by atoms with Gasteiger partial charge in [0.1, 0.15) is 32.7 Å². The molecule has 1 saturated heterocycles. The molecule has 0 spiro atoms. The van der Waals surface area contributed by atoms with Gasteiger partial charge in [-0.3, -0.25) is 9.59 Å². The van der Waals surface area contributed by atoms with Crippen molar-refractivity contribution in [2.24, 2.45) is 0 Å². The highest BCUT2D eigenvalue weighted by Gasteiger charge is 2.31. The lowest BCUT2D eigenvalue weighted by atomic mass is 10.0. The molecular formula is C26H31N3O2+2. The smallest absolute Gasteiger partial charge is 0.282 e. The summed E-state index contributed by atoms with van der Waals surface area (Å²) in [6, 6.07) is 22.1. The highest BCUT2D eigenvalue weighted by atomic mass is 16.2. The summed E-state index contributed by atoms with van der Waals surface area (Å²) < 4.78 is 0. The molecule has 3 aromatic rings. The van der Waals surface area contributed by atoms with Gasteiger partial charge in [0.15, 0.2) is 11.8 Å². The quantitative estimate of drug-likeness (QED) is 0.531. The number of quaternary nitrogens is 2. The van der Waals surface area contributed by atoms with E-state index in [1.54, 1.807) is 36.1 Å². The first kappa shape index (κ1) is 21.2. The van der Waals surface area contributed by atoms with E-state index in [9.17, 15) is 9.59 Å². The van der Waals surface area contributed by atoms with Crippen molar-refractivity contribution in [3.05, 3.63) is 77.9 Å². The monoisotopic (exact) mass is 417 g/mol. The lowest BCUT2D eigenvalue weighted by molar-refractivity contribution is -1.02. The lowest BCUT2D eigenvalue weighted by Gasteiger charge is -2.32. The molecule has 3 aromatic carbocycles. The summed E-state index contributed by atoms with van der Waals surface area (Å²) in [6.07, 6.45) is 0. The van der Waals surface area contributed by atoms with Gasteiger partial charge in [-0.2, -0.15) is 0 Å². The molecule has 4 rings (SSSR count). The van der Waals surface area contributed by atoms with Crippen LogP contribution in [0, 0.1) is 0 Å². The molecular weight excluding hydrogens is 386 g/mol. The van der Waals surface area contributed by atoms with Crippen molar-refractivity contribution in [1.29, 1.82) is 0 Å². The van der Waals surface area contributed by atoms with E-state index in [1.165, 1.54) is 21.2 Å². The minimum atomic E-state index is -0.105. The van der Waals surface area contributed by atoms with E-state index in [1.807, 2.05) is 6.92 Å². The van der Waals surface area contributed by atoms with E-state index in [0.717, 1.165) is 38.4 Å². The molecule has 0 unspecified atom stereocenters. The third-order valence-corrected chi connectivity index (χ3v) is 6.48. The molecule has 1 amide bonds. The second-order valence-electron chi connectivity index (χ2n) is 8.57. The zero-order chi connectivity index (χ0) is 21.8. The normalized spacial score (nSPS) is 19.7. The van der Waals surface area contributed by atoms with Crippen LogP contribution >= 0.6 is 0 Å². The van der Waals surface area contributed by atoms with Gasteiger partial charge < -0.3 is 15.1 Å². The Labute approximate surface area is 183 Å². The highest BCUT2D eigenvalue weighted by molar-refractivity contribution is 5.96. The van der Waals surface area contributed by atoms with Crippen LogP contribution in [-0.4, -0.2) is 43.9 Å². The van der Waals surface area contributed by atoms with E-state index in [0.29, 0.717) is 5.56 Å². The summed E-state index contributed by atoms with van der Waals surface area (Å²) in [6.45, 7) is 8.66. The second kappa shape index (κ2) is 9.41. The van der Waals surface area contributed by atoms with Gasteiger partial charge in [-0.05, 0) is 48.9 Å². The van der Waals surface area contributed by atoms with Gasteiger partial charge in [0.05, 0.1) is 0 Å². The van der Waals surface area contributed by atoms with E-state index >= 15 is 0 Å². The largest absolute Gasteiger partial charge is 0.322 e. The van der Waals surface area contributed by atoms with Gasteiger partial charge in [-0.25, -0.2) is 0 Å². The zero-order valence-electron chi connectivity index (χ0n) is 18.3. The summed E-state index contributed by atoms with van der Waals surface area (Å²) in [4.78, 5) is 27.1. The van der Waals surface area contributed by atoms with E-state index < -0.39 is 0 Å². The van der Waals surface area contributed by atoms with Crippen LogP contribution in [0.4, 0.5) is 5.69 Å². The van der Waals surface area contributed by atoms with Crippen molar-refractivity contribution in [3.8, 4) is 0 Å². The number of anilines is 1. The van der Waals surface area contributed by atoms with Gasteiger partial charge in [-0.1, -0.05) is 42.5 Å². The SMILES string of the molecule is CC(=O)c1ccc(NC(=O)[C@@H](C)[NH+]2CC[NH+](Cc3cccc4ccccc34)CC2)cc1. The predicted molar refractivity (Wildman–Crippen MR) is 124 cm³/mol. The Morgan fingerprint density at radius 1 is 0.903 bits per heavy atom. The first-order valence-corrected chi connectivity index (χ1v) is 11.1. The van der Waals surface area contributed by atoms with Crippen LogP contribution in [0.5, 0.6) is 0 Å². The van der Waals surface area contributed by atoms with E-state index in [4.69, 9.17) is 0 Å². The molecule has 31 heavy (non-hydrogen) atoms. The average molecular weight is 418 g/mol. The van der Waals surface area contributed by atoms with Crippen LogP contribution in [0.2, 0.25) is 0 Å². The van der Waals surface area contributed by atoms with Gasteiger partial charge >= 0.3 is 0 Å². The second-order valence-corrected chi connectivity index (χ2v) is 8.57. The number of hydrogen-bond acceptors (Lipinski definition) is 2. The van der Waals surface area contributed by atoms with Crippen molar-refractivity contribution in [3.63, 3.8) is 0 Å². The zero-order valence-corrected chi connectivity index (χ0v) is 18.3. The maximum Gasteiger partial charge on any atom is 0.282 e. The molecule has 1 aliphatic rings. The highest BCUT2D eigenvalue weighted by Crippen LogP contribution is 2.17. The van der Waals surface area contributed by atoms with Crippen molar-refractivity contribution in [2.75, 3.05) is 31.5 Å². The number of ketones is 1. The molecule has 0 saturated carbocycles. The first-order valence-electron chi connectivity index (χ1n) is 11.1. The summed E-state index contributed by atoms with van der Waals surface area (Å²) in [5.74, 6) is 0.0580. The molecule has 1 heterocycles. The maximum atomic E-state index is 12.7. The van der Waals surface area contributed by atoms with Gasteiger partial charge in [-0.15, -0.1) is 0 Å². The van der Waals surface area contributed by atoms with Crippen LogP contribution in [0.15, 0.2) is 66.7 Å². The Kier molecular flexibility index (Phi) is 6.44. The van der Waals surface area contributed by atoms with Crippen molar-refractivity contribution in [2.45, 2.75) is 26.4 Å². The summed E-state index contributed by atoms with van der Waals surface area (Å²) >= 11 is 0. The van der Waals surface area contributed by atoms with Crippen LogP contribution in [-0.2, 0) is 11.3 Å². The fourth-order valence-electron chi connectivity index (χ4n) is 4.47. The average Bonchev–Trinajstić information content (AvgIpc) is 2.80. The molecule has 5 nitrogen and oxygen atoms in total. The molecule has 1 aliphatic heterocycles. The van der Waals surface area contributed by atoms with Gasteiger partial charge in [0.2, 0.25) is 0 Å². The molecule has 0 aromatic heterocycles. The van der Waals surface area contributed by atoms with E-state index in [2.05, 4.69) is 47.8 Å². The van der Waals surface area contributed by atoms with Crippen LogP contribution in [0.25, 0.3) is 10.8 Å². The van der Waals surface area contributed by atoms with Crippen molar-refractivity contribution < 1.29 is 19.4 Å². The Hall–Kier alpha value is -3.02. The fourth-order valence-corrected chi connectivity index (χ4v) is 4.47. The fraction of sp³-hybridized carbons (Fsp3) is 0.308. The van der Waals surface area contributed by atoms with Crippen molar-refractivity contribution in [1.82, 2.24) is 0 Å². The molecule has 160 valence electrons. The Bertz CT molecular complexity index is 1060. The third kappa shape index (κ3) is 5.01. The molecule has 3 N–H and O–H groups in total. The number of carbonyl (C=O) groups is 2. The Morgan fingerprint density at radius 2 is 1.58 bits per heavy atom. The van der Waals surface area contributed by atoms with E-state index in [-0.39, 0.29) is 17.7 Å². The molecule has 0 bridgehead atoms. The summed E-state index contributed by atoms with van der Waals surface area (Å²) in [7, 11) is 0. The van der Waals surface area contributed by atoms with Crippen LogP contribution < -0.4 is 15.1 Å². The van der Waals surface area contributed by atoms with Crippen molar-refractivity contribution >= 4 is 28.2 Å². The molecule has 1 atom stereocenters. The van der Waals surface area contributed by atoms with Crippen LogP contribution in [0.3, 0.4) is 0 Å². The predicted octanol–water partition coefficient (Wildman–Crippen LogP) is 1.35. The number of hydrogen-bond donors (Lipinski definition) is 3. The maximum absolute atomic E-state index is 12.7. The topological polar surface area (TPSA) is 55.0 Å². The molecule has 0 aliphatic carbocycles. The van der Waals surface area contributed by atoms with Crippen LogP contribution in [0.1, 0.15) is 29.8 Å².